The number of imide groups is 1. The summed E-state index contributed by atoms with van der Waals surface area (Å²) in [7, 11) is 0. The molecule has 3 aromatic rings. The Morgan fingerprint density at radius 1 is 1.03 bits per heavy atom. The molecule has 190 valence electrons. The number of hydrogen-bond donors (Lipinski definition) is 1. The monoisotopic (exact) mass is 782 g/mol. The Balaban J connectivity index is 1.43. The van der Waals surface area contributed by atoms with Crippen LogP contribution in [-0.2, 0) is 16.2 Å². The van der Waals surface area contributed by atoms with E-state index in [4.69, 9.17) is 27.9 Å². The Morgan fingerprint density at radius 2 is 1.70 bits per heavy atom. The van der Waals surface area contributed by atoms with Crippen molar-refractivity contribution in [1.29, 1.82) is 0 Å². The molecular formula is C25H15Cl2FI2N2O4S. The van der Waals surface area contributed by atoms with E-state index in [-0.39, 0.29) is 4.91 Å². The van der Waals surface area contributed by atoms with Crippen molar-refractivity contribution in [1.82, 2.24) is 4.90 Å². The van der Waals surface area contributed by atoms with E-state index in [2.05, 4.69) is 50.5 Å². The Morgan fingerprint density at radius 3 is 2.35 bits per heavy atom. The number of halogens is 5. The topological polar surface area (TPSA) is 75.7 Å². The Bertz CT molecular complexity index is 1410. The van der Waals surface area contributed by atoms with E-state index in [1.807, 2.05) is 18.2 Å². The van der Waals surface area contributed by atoms with Crippen molar-refractivity contribution in [3.05, 3.63) is 93.6 Å². The van der Waals surface area contributed by atoms with Gasteiger partial charge in [-0.25, -0.2) is 4.39 Å². The zero-order chi connectivity index (χ0) is 26.7. The second-order valence-corrected chi connectivity index (χ2v) is 11.8. The van der Waals surface area contributed by atoms with E-state index in [9.17, 15) is 18.8 Å². The number of hydrogen-bond acceptors (Lipinski definition) is 5. The molecule has 0 unspecified atom stereocenters. The lowest BCUT2D eigenvalue weighted by Crippen LogP contribution is -2.36. The summed E-state index contributed by atoms with van der Waals surface area (Å²) in [5.41, 5.74) is 1.93. The molecule has 4 rings (SSSR count). The molecule has 37 heavy (non-hydrogen) atoms. The highest BCUT2D eigenvalue weighted by Gasteiger charge is 2.36. The van der Waals surface area contributed by atoms with Crippen LogP contribution in [0.1, 0.15) is 11.1 Å². The van der Waals surface area contributed by atoms with Crippen LogP contribution in [0.3, 0.4) is 0 Å². The van der Waals surface area contributed by atoms with Gasteiger partial charge in [-0.1, -0.05) is 29.3 Å². The number of carbonyl (C=O) groups excluding carboxylic acids is 3. The van der Waals surface area contributed by atoms with E-state index < -0.39 is 29.4 Å². The molecule has 0 aliphatic carbocycles. The molecule has 6 nitrogen and oxygen atoms in total. The number of ether oxygens (including phenoxy) is 1. The molecule has 3 aromatic carbocycles. The third-order valence-electron chi connectivity index (χ3n) is 4.99. The second-order valence-electron chi connectivity index (χ2n) is 7.67. The van der Waals surface area contributed by atoms with E-state index in [1.54, 1.807) is 18.2 Å². The van der Waals surface area contributed by atoms with Crippen LogP contribution < -0.4 is 10.1 Å². The molecular weight excluding hydrogens is 768 g/mol. The van der Waals surface area contributed by atoms with Crippen LogP contribution in [0.25, 0.3) is 6.08 Å². The lowest BCUT2D eigenvalue weighted by atomic mass is 10.2. The van der Waals surface area contributed by atoms with Gasteiger partial charge in [0.05, 0.1) is 22.1 Å². The highest BCUT2D eigenvalue weighted by Crippen LogP contribution is 2.35. The molecule has 0 spiro atoms. The first-order chi connectivity index (χ1) is 17.6. The summed E-state index contributed by atoms with van der Waals surface area (Å²) in [6.45, 7) is -0.156. The van der Waals surface area contributed by atoms with Gasteiger partial charge >= 0.3 is 0 Å². The minimum absolute atomic E-state index is 0.204. The molecule has 12 heteroatoms. The third kappa shape index (κ3) is 7.16. The van der Waals surface area contributed by atoms with Crippen LogP contribution in [0.4, 0.5) is 14.9 Å². The standard InChI is InChI=1S/C25H15Cl2FI2N2O4S/c26-17-6-1-13(7-18(17)27)12-36-23-19(29)8-14(9-20(23)30)10-21-24(34)32(25(35)37-21)11-22(33)31-16-4-2-15(28)3-5-16/h1-10H,11-12H2,(H,31,33)/b21-10-. The number of benzene rings is 3. The average molecular weight is 783 g/mol. The quantitative estimate of drug-likeness (QED) is 0.198. The summed E-state index contributed by atoms with van der Waals surface area (Å²) in [6, 6.07) is 14.1. The number of nitrogens with one attached hydrogen (secondary N) is 1. The first-order valence-corrected chi connectivity index (χ1v) is 14.2. The maximum absolute atomic E-state index is 13.0. The zero-order valence-electron chi connectivity index (χ0n) is 18.6. The van der Waals surface area contributed by atoms with Gasteiger partial charge in [-0.2, -0.15) is 0 Å². The Hall–Kier alpha value is -1.87. The molecule has 3 amide bonds. The molecule has 1 aliphatic heterocycles. The van der Waals surface area contributed by atoms with Crippen LogP contribution in [-0.4, -0.2) is 28.5 Å². The first kappa shape index (κ1) is 28.1. The lowest BCUT2D eigenvalue weighted by Gasteiger charge is -2.13. The summed E-state index contributed by atoms with van der Waals surface area (Å²) in [5, 5.41) is 2.92. The highest BCUT2D eigenvalue weighted by atomic mass is 127. The number of nitrogens with zero attached hydrogens (tertiary/aromatic N) is 1. The molecule has 1 aliphatic rings. The second kappa shape index (κ2) is 12.3. The van der Waals surface area contributed by atoms with Gasteiger partial charge in [0, 0.05) is 5.69 Å². The summed E-state index contributed by atoms with van der Waals surface area (Å²) in [5.74, 6) is -0.892. The summed E-state index contributed by atoms with van der Waals surface area (Å²) in [6.07, 6.45) is 1.61. The van der Waals surface area contributed by atoms with E-state index in [0.717, 1.165) is 29.4 Å². The SMILES string of the molecule is O=C(CN1C(=O)S/C(=C\c2cc(I)c(OCc3ccc(Cl)c(Cl)c3)c(I)c2)C1=O)Nc1ccc(F)cc1. The predicted molar refractivity (Wildman–Crippen MR) is 160 cm³/mol. The van der Waals surface area contributed by atoms with Gasteiger partial charge in [-0.15, -0.1) is 0 Å². The Labute approximate surface area is 253 Å². The molecule has 1 N–H and O–H groups in total. The van der Waals surface area contributed by atoms with E-state index >= 15 is 0 Å². The van der Waals surface area contributed by atoms with Crippen molar-refractivity contribution in [2.24, 2.45) is 0 Å². The summed E-state index contributed by atoms with van der Waals surface area (Å²) < 4.78 is 20.7. The molecule has 0 radical (unpaired) electrons. The maximum atomic E-state index is 13.0. The fourth-order valence-corrected chi connectivity index (χ4v) is 6.54. The smallest absolute Gasteiger partial charge is 0.294 e. The van der Waals surface area contributed by atoms with Crippen molar-refractivity contribution in [2.45, 2.75) is 6.61 Å². The van der Waals surface area contributed by atoms with Crippen LogP contribution in [0, 0.1) is 13.0 Å². The van der Waals surface area contributed by atoms with Crippen LogP contribution in [0.15, 0.2) is 59.5 Å². The van der Waals surface area contributed by atoms with Gasteiger partial charge in [0.2, 0.25) is 5.91 Å². The van der Waals surface area contributed by atoms with Gasteiger partial charge in [0.1, 0.15) is 24.7 Å². The number of anilines is 1. The van der Waals surface area contributed by atoms with Crippen molar-refractivity contribution >= 4 is 109 Å². The van der Waals surface area contributed by atoms with Gasteiger partial charge in [-0.3, -0.25) is 19.3 Å². The maximum Gasteiger partial charge on any atom is 0.294 e. The first-order valence-electron chi connectivity index (χ1n) is 10.5. The third-order valence-corrected chi connectivity index (χ3v) is 8.24. The lowest BCUT2D eigenvalue weighted by molar-refractivity contribution is -0.127. The molecule has 0 atom stereocenters. The molecule has 1 fully saturated rings. The minimum atomic E-state index is -0.567. The molecule has 0 saturated carbocycles. The number of rotatable bonds is 7. The fraction of sp³-hybridized carbons (Fsp3) is 0.0800. The van der Waals surface area contributed by atoms with E-state index in [1.165, 1.54) is 24.3 Å². The normalized spacial score (nSPS) is 14.4. The van der Waals surface area contributed by atoms with Crippen molar-refractivity contribution in [2.75, 3.05) is 11.9 Å². The summed E-state index contributed by atoms with van der Waals surface area (Å²) in [4.78, 5) is 38.7. The number of carbonyl (C=O) groups is 3. The van der Waals surface area contributed by atoms with Gasteiger partial charge < -0.3 is 10.1 Å². The molecule has 1 heterocycles. The van der Waals surface area contributed by atoms with Gasteiger partial charge in [0.25, 0.3) is 11.1 Å². The predicted octanol–water partition coefficient (Wildman–Crippen LogP) is 7.60. The van der Waals surface area contributed by atoms with E-state index in [0.29, 0.717) is 33.7 Å². The number of amides is 3. The van der Waals surface area contributed by atoms with Gasteiger partial charge in [-0.05, 0) is 123 Å². The molecule has 0 aromatic heterocycles. The van der Waals surface area contributed by atoms with Crippen LogP contribution in [0.2, 0.25) is 10.0 Å². The zero-order valence-corrected chi connectivity index (χ0v) is 25.2. The van der Waals surface area contributed by atoms with Gasteiger partial charge in [0.15, 0.2) is 0 Å². The number of thioether (sulfide) groups is 1. The fourth-order valence-electron chi connectivity index (χ4n) is 3.25. The van der Waals surface area contributed by atoms with Crippen LogP contribution >= 0.6 is 80.1 Å². The minimum Gasteiger partial charge on any atom is -0.487 e. The molecule has 1 saturated heterocycles. The Kier molecular flexibility index (Phi) is 9.38. The molecule has 0 bridgehead atoms. The van der Waals surface area contributed by atoms with Crippen molar-refractivity contribution in [3.8, 4) is 5.75 Å². The largest absolute Gasteiger partial charge is 0.487 e. The average Bonchev–Trinajstić information content (AvgIpc) is 3.09. The van der Waals surface area contributed by atoms with Crippen molar-refractivity contribution < 1.29 is 23.5 Å². The highest BCUT2D eigenvalue weighted by molar-refractivity contribution is 14.1. The summed E-state index contributed by atoms with van der Waals surface area (Å²) >= 11 is 17.1. The van der Waals surface area contributed by atoms with Crippen molar-refractivity contribution in [3.63, 3.8) is 0 Å². The van der Waals surface area contributed by atoms with Crippen LogP contribution in [0.5, 0.6) is 5.75 Å².